The van der Waals surface area contributed by atoms with Crippen LogP contribution >= 0.6 is 15.9 Å². The Balaban J connectivity index is 2.09. The number of piperidine rings is 1. The van der Waals surface area contributed by atoms with Gasteiger partial charge in [-0.1, -0.05) is 15.9 Å². The van der Waals surface area contributed by atoms with Crippen molar-refractivity contribution >= 4 is 21.9 Å². The van der Waals surface area contributed by atoms with Gasteiger partial charge in [0.25, 0.3) is 0 Å². The second-order valence-corrected chi connectivity index (χ2v) is 6.76. The van der Waals surface area contributed by atoms with Crippen LogP contribution < -0.4 is 10.6 Å². The Morgan fingerprint density at radius 2 is 2.29 bits per heavy atom. The number of hydrogen-bond acceptors (Lipinski definition) is 5. The predicted octanol–water partition coefficient (Wildman–Crippen LogP) is 2.05. The second-order valence-electron chi connectivity index (χ2n) is 5.84. The molecule has 2 N–H and O–H groups in total. The fourth-order valence-electron chi connectivity index (χ4n) is 3.56. The van der Waals surface area contributed by atoms with Gasteiger partial charge in [0.15, 0.2) is 0 Å². The lowest BCUT2D eigenvalue weighted by Gasteiger charge is -2.47. The van der Waals surface area contributed by atoms with E-state index in [-0.39, 0.29) is 24.0 Å². The maximum atomic E-state index is 12.3. The van der Waals surface area contributed by atoms with Gasteiger partial charge >= 0.3 is 5.97 Å². The topological polar surface area (TPSA) is 64.8 Å². The van der Waals surface area contributed by atoms with E-state index < -0.39 is 5.97 Å². The minimum Gasteiger partial charge on any atom is -0.490 e. The van der Waals surface area contributed by atoms with Crippen LogP contribution in [0.25, 0.3) is 0 Å². The molecule has 0 radical (unpaired) electrons. The van der Waals surface area contributed by atoms with Crippen LogP contribution in [0.3, 0.4) is 0 Å². The summed E-state index contributed by atoms with van der Waals surface area (Å²) in [5, 5.41) is 0. The molecule has 1 aromatic rings. The third-order valence-electron chi connectivity index (χ3n) is 4.79. The van der Waals surface area contributed by atoms with E-state index in [1.807, 2.05) is 18.2 Å². The zero-order valence-electron chi connectivity index (χ0n) is 12.1. The number of ether oxygens (including phenoxy) is 1. The van der Waals surface area contributed by atoms with Gasteiger partial charge in [0.05, 0.1) is 5.92 Å². The summed E-state index contributed by atoms with van der Waals surface area (Å²) in [6.07, 6.45) is 0.920. The van der Waals surface area contributed by atoms with E-state index >= 15 is 0 Å². The number of benzene rings is 1. The summed E-state index contributed by atoms with van der Waals surface area (Å²) in [7, 11) is 2.07. The average Bonchev–Trinajstić information content (AvgIpc) is 2.48. The molecule has 4 unspecified atom stereocenters. The molecule has 4 atom stereocenters. The fourth-order valence-corrected chi connectivity index (χ4v) is 3.94. The van der Waals surface area contributed by atoms with E-state index in [2.05, 4.69) is 39.6 Å². The van der Waals surface area contributed by atoms with Gasteiger partial charge in [-0.25, -0.2) is 4.79 Å². The van der Waals surface area contributed by atoms with Crippen LogP contribution in [0.4, 0.5) is 0 Å². The lowest BCUT2D eigenvalue weighted by atomic mass is 9.73. The molecule has 5 nitrogen and oxygen atoms in total. The van der Waals surface area contributed by atoms with Crippen molar-refractivity contribution in [1.82, 2.24) is 4.90 Å². The molecule has 21 heavy (non-hydrogen) atoms. The highest BCUT2D eigenvalue weighted by atomic mass is 79.9. The monoisotopic (exact) mass is 354 g/mol. The zero-order chi connectivity index (χ0) is 15.1. The number of rotatable bonds is 1. The highest BCUT2D eigenvalue weighted by molar-refractivity contribution is 9.10. The molecule has 0 aliphatic carbocycles. The number of fused-ring (bicyclic) bond motifs is 2. The van der Waals surface area contributed by atoms with E-state index in [1.54, 1.807) is 0 Å². The van der Waals surface area contributed by atoms with Gasteiger partial charge in [-0.05, 0) is 38.6 Å². The normalized spacial score (nSPS) is 31.8. The molecule has 6 heteroatoms. The molecular formula is C15H19BrN2O3. The first-order chi connectivity index (χ1) is 10.0. The zero-order valence-corrected chi connectivity index (χ0v) is 13.7. The summed E-state index contributed by atoms with van der Waals surface area (Å²) in [5.41, 5.74) is 0.850. The van der Waals surface area contributed by atoms with Crippen LogP contribution in [-0.2, 0) is 9.63 Å². The minimum atomic E-state index is -0.394. The molecule has 1 aromatic carbocycles. The molecule has 0 spiro atoms. The molecule has 1 saturated heterocycles. The van der Waals surface area contributed by atoms with Crippen LogP contribution in [0.2, 0.25) is 0 Å². The predicted molar refractivity (Wildman–Crippen MR) is 81.8 cm³/mol. The number of carbonyl (C=O) groups is 1. The summed E-state index contributed by atoms with van der Waals surface area (Å²) in [6.45, 7) is 3.08. The lowest BCUT2D eigenvalue weighted by molar-refractivity contribution is -0.152. The van der Waals surface area contributed by atoms with Crippen molar-refractivity contribution < 1.29 is 14.4 Å². The standard InChI is InChI=1S/C15H19BrN2O3/c1-8-13-12(5-6-18(8)2)20-11-4-3-9(16)7-10(11)14(13)15(19)21-17/h3-4,7-8,12-14H,5-6,17H2,1-2H3. The number of hydrogen-bond donors (Lipinski definition) is 1. The Hall–Kier alpha value is -1.11. The second kappa shape index (κ2) is 5.59. The molecule has 114 valence electrons. The maximum absolute atomic E-state index is 12.3. The average molecular weight is 355 g/mol. The van der Waals surface area contributed by atoms with Gasteiger partial charge in [-0.3, -0.25) is 0 Å². The van der Waals surface area contributed by atoms with E-state index in [0.29, 0.717) is 0 Å². The van der Waals surface area contributed by atoms with Gasteiger partial charge < -0.3 is 14.5 Å². The Bertz CT molecular complexity index is 566. The van der Waals surface area contributed by atoms with Crippen LogP contribution in [0.5, 0.6) is 5.75 Å². The summed E-state index contributed by atoms with van der Waals surface area (Å²) in [6, 6.07) is 5.96. The van der Waals surface area contributed by atoms with Gasteiger partial charge in [0.1, 0.15) is 11.9 Å². The SMILES string of the molecule is CC1C2C(CCN1C)Oc1ccc(Br)cc1C2C(=O)ON. The Labute approximate surface area is 132 Å². The summed E-state index contributed by atoms with van der Waals surface area (Å²) in [5.74, 6) is 5.20. The van der Waals surface area contributed by atoms with E-state index in [0.717, 1.165) is 28.8 Å². The van der Waals surface area contributed by atoms with Crippen molar-refractivity contribution in [3.63, 3.8) is 0 Å². The highest BCUT2D eigenvalue weighted by Gasteiger charge is 2.48. The molecule has 2 aliphatic heterocycles. The summed E-state index contributed by atoms with van der Waals surface area (Å²) in [4.78, 5) is 19.2. The van der Waals surface area contributed by atoms with Gasteiger partial charge in [0.2, 0.25) is 0 Å². The third kappa shape index (κ3) is 2.45. The fraction of sp³-hybridized carbons (Fsp3) is 0.533. The first-order valence-corrected chi connectivity index (χ1v) is 7.89. The van der Waals surface area contributed by atoms with E-state index in [1.165, 1.54) is 0 Å². The van der Waals surface area contributed by atoms with Crippen molar-refractivity contribution in [2.24, 2.45) is 11.8 Å². The van der Waals surface area contributed by atoms with Crippen LogP contribution in [0, 0.1) is 5.92 Å². The number of nitrogens with two attached hydrogens (primary N) is 1. The molecule has 0 aromatic heterocycles. The van der Waals surface area contributed by atoms with Crippen molar-refractivity contribution in [3.8, 4) is 5.75 Å². The summed E-state index contributed by atoms with van der Waals surface area (Å²) >= 11 is 3.45. The third-order valence-corrected chi connectivity index (χ3v) is 5.28. The highest BCUT2D eigenvalue weighted by Crippen LogP contribution is 2.46. The first-order valence-electron chi connectivity index (χ1n) is 7.10. The number of carbonyl (C=O) groups excluding carboxylic acids is 1. The van der Waals surface area contributed by atoms with Crippen LogP contribution in [-0.4, -0.2) is 36.6 Å². The van der Waals surface area contributed by atoms with E-state index in [4.69, 9.17) is 10.6 Å². The van der Waals surface area contributed by atoms with Crippen LogP contribution in [0.1, 0.15) is 24.8 Å². The van der Waals surface area contributed by atoms with Gasteiger partial charge in [-0.2, -0.15) is 5.90 Å². The Morgan fingerprint density at radius 3 is 3.00 bits per heavy atom. The molecule has 2 heterocycles. The maximum Gasteiger partial charge on any atom is 0.332 e. The van der Waals surface area contributed by atoms with Gasteiger partial charge in [0, 0.05) is 28.5 Å². The molecule has 3 rings (SSSR count). The van der Waals surface area contributed by atoms with E-state index in [9.17, 15) is 4.79 Å². The lowest BCUT2D eigenvalue weighted by Crippen LogP contribution is -2.55. The smallest absolute Gasteiger partial charge is 0.332 e. The minimum absolute atomic E-state index is 0.0222. The Kier molecular flexibility index (Phi) is 3.94. The quantitative estimate of drug-likeness (QED) is 0.782. The molecule has 0 amide bonds. The van der Waals surface area contributed by atoms with Crippen molar-refractivity contribution in [3.05, 3.63) is 28.2 Å². The number of likely N-dealkylation sites (tertiary alicyclic amines) is 1. The summed E-state index contributed by atoms with van der Waals surface area (Å²) < 4.78 is 7.05. The largest absolute Gasteiger partial charge is 0.490 e. The van der Waals surface area contributed by atoms with Crippen molar-refractivity contribution in [2.75, 3.05) is 13.6 Å². The molecule has 0 saturated carbocycles. The number of nitrogens with zero attached hydrogens (tertiary/aromatic N) is 1. The molecule has 1 fully saturated rings. The number of halogens is 1. The molecule has 2 aliphatic rings. The molecular weight excluding hydrogens is 336 g/mol. The van der Waals surface area contributed by atoms with Crippen LogP contribution in [0.15, 0.2) is 22.7 Å². The Morgan fingerprint density at radius 1 is 1.52 bits per heavy atom. The molecule has 0 bridgehead atoms. The van der Waals surface area contributed by atoms with Gasteiger partial charge in [-0.15, -0.1) is 0 Å². The van der Waals surface area contributed by atoms with Crippen molar-refractivity contribution in [2.45, 2.75) is 31.4 Å². The van der Waals surface area contributed by atoms with Crippen molar-refractivity contribution in [1.29, 1.82) is 0 Å². The first kappa shape index (κ1) is 14.8.